The van der Waals surface area contributed by atoms with Crippen molar-refractivity contribution in [2.45, 2.75) is 51.3 Å². The number of hydrogen-bond acceptors (Lipinski definition) is 7. The van der Waals surface area contributed by atoms with Gasteiger partial charge in [-0.2, -0.15) is 0 Å². The fraction of sp³-hybridized carbons (Fsp3) is 0.611. The number of ether oxygens (including phenoxy) is 2. The first-order valence-corrected chi connectivity index (χ1v) is 9.51. The Kier molecular flexibility index (Phi) is 13.5. The highest BCUT2D eigenvalue weighted by atomic mass is 32.2. The van der Waals surface area contributed by atoms with Crippen molar-refractivity contribution in [1.82, 2.24) is 4.98 Å². The van der Waals surface area contributed by atoms with E-state index in [0.717, 1.165) is 23.5 Å². The van der Waals surface area contributed by atoms with E-state index in [0.29, 0.717) is 24.8 Å². The zero-order valence-electron chi connectivity index (χ0n) is 15.6. The van der Waals surface area contributed by atoms with E-state index in [2.05, 4.69) is 35.2 Å². The summed E-state index contributed by atoms with van der Waals surface area (Å²) in [5, 5.41) is 0. The second kappa shape index (κ2) is 14.6. The first kappa shape index (κ1) is 23.2. The molecule has 1 aromatic rings. The second-order valence-electron chi connectivity index (χ2n) is 5.60. The smallest absolute Gasteiger partial charge is 0.356 e. The lowest BCUT2D eigenvalue weighted by Gasteiger charge is -2.07. The molecule has 0 aliphatic rings. The van der Waals surface area contributed by atoms with Crippen molar-refractivity contribution in [3.05, 3.63) is 17.8 Å². The van der Waals surface area contributed by atoms with Crippen LogP contribution in [0, 0.1) is 5.92 Å². The molecule has 0 amide bonds. The van der Waals surface area contributed by atoms with Crippen molar-refractivity contribution in [2.75, 3.05) is 25.2 Å². The lowest BCUT2D eigenvalue weighted by Crippen LogP contribution is -2.06. The van der Waals surface area contributed by atoms with Crippen molar-refractivity contribution in [1.29, 1.82) is 0 Å². The third-order valence-electron chi connectivity index (χ3n) is 3.24. The molecular weight excluding hydrogens is 340 g/mol. The van der Waals surface area contributed by atoms with Gasteiger partial charge in [0.05, 0.1) is 13.7 Å². The molecular formula is C18H30N2O4S. The summed E-state index contributed by atoms with van der Waals surface area (Å²) >= 11 is 1.64. The van der Waals surface area contributed by atoms with Gasteiger partial charge in [-0.15, -0.1) is 11.8 Å². The predicted molar refractivity (Wildman–Crippen MR) is 102 cm³/mol. The van der Waals surface area contributed by atoms with Crippen LogP contribution in [0.25, 0.3) is 0 Å². The lowest BCUT2D eigenvalue weighted by atomic mass is 10.1. The normalized spacial score (nSPS) is 11.0. The average Bonchev–Trinajstić information content (AvgIpc) is 2.63. The maximum atomic E-state index is 11.1. The summed E-state index contributed by atoms with van der Waals surface area (Å²) in [5.74, 6) is 1.43. The Morgan fingerprint density at radius 3 is 2.60 bits per heavy atom. The van der Waals surface area contributed by atoms with Crippen LogP contribution in [0.2, 0.25) is 0 Å². The summed E-state index contributed by atoms with van der Waals surface area (Å²) in [5.41, 5.74) is 5.96. The molecule has 25 heavy (non-hydrogen) atoms. The number of carbonyl (C=O) groups excluding carboxylic acids is 2. The molecule has 1 rings (SSSR count). The van der Waals surface area contributed by atoms with E-state index in [9.17, 15) is 9.59 Å². The van der Waals surface area contributed by atoms with Gasteiger partial charge in [0.25, 0.3) is 6.47 Å². The van der Waals surface area contributed by atoms with Crippen LogP contribution in [0.1, 0.15) is 56.9 Å². The highest BCUT2D eigenvalue weighted by molar-refractivity contribution is 7.99. The summed E-state index contributed by atoms with van der Waals surface area (Å²) < 4.78 is 9.16. The van der Waals surface area contributed by atoms with Crippen LogP contribution in [0.3, 0.4) is 0 Å². The summed E-state index contributed by atoms with van der Waals surface area (Å²) in [6.07, 6.45) is 4.67. The van der Waals surface area contributed by atoms with E-state index in [1.807, 2.05) is 0 Å². The van der Waals surface area contributed by atoms with Crippen LogP contribution >= 0.6 is 11.8 Å². The fourth-order valence-electron chi connectivity index (χ4n) is 1.85. The minimum atomic E-state index is -0.464. The van der Waals surface area contributed by atoms with Crippen LogP contribution < -0.4 is 5.73 Å². The predicted octanol–water partition coefficient (Wildman–Crippen LogP) is 3.94. The number of nitrogens with zero attached hydrogens (tertiary/aromatic N) is 1. The number of hydrogen-bond donors (Lipinski definition) is 1. The number of carbonyl (C=O) groups is 2. The molecule has 142 valence electrons. The van der Waals surface area contributed by atoms with Gasteiger partial charge in [0.2, 0.25) is 0 Å². The van der Waals surface area contributed by atoms with E-state index in [1.54, 1.807) is 23.9 Å². The number of anilines is 1. The Hall–Kier alpha value is -1.76. The van der Waals surface area contributed by atoms with Crippen LogP contribution in [0.4, 0.5) is 5.82 Å². The minimum Gasteiger partial charge on any atom is -0.468 e. The molecule has 0 saturated heterocycles. The molecule has 1 heterocycles. The van der Waals surface area contributed by atoms with Crippen molar-refractivity contribution in [2.24, 2.45) is 5.92 Å². The molecule has 0 spiro atoms. The number of unbranched alkanes of at least 4 members (excludes halogenated alkanes) is 1. The van der Waals surface area contributed by atoms with E-state index in [1.165, 1.54) is 20.0 Å². The number of nitrogens with two attached hydrogens (primary N) is 1. The number of rotatable bonds is 10. The largest absolute Gasteiger partial charge is 0.468 e. The van der Waals surface area contributed by atoms with Gasteiger partial charge >= 0.3 is 5.97 Å². The molecule has 6 nitrogen and oxygen atoms in total. The monoisotopic (exact) mass is 370 g/mol. The Morgan fingerprint density at radius 2 is 2.08 bits per heavy atom. The number of methoxy groups -OCH3 is 1. The molecule has 1 unspecified atom stereocenters. The van der Waals surface area contributed by atoms with Gasteiger partial charge in [0.1, 0.15) is 5.82 Å². The van der Waals surface area contributed by atoms with Gasteiger partial charge in [0, 0.05) is 4.90 Å². The number of nitrogen functional groups attached to an aromatic ring is 1. The van der Waals surface area contributed by atoms with Gasteiger partial charge < -0.3 is 15.2 Å². The maximum Gasteiger partial charge on any atom is 0.356 e. The quantitative estimate of drug-likeness (QED) is 0.379. The summed E-state index contributed by atoms with van der Waals surface area (Å²) in [6, 6.07) is 3.43. The highest BCUT2D eigenvalue weighted by Crippen LogP contribution is 2.24. The van der Waals surface area contributed by atoms with Crippen molar-refractivity contribution in [3.63, 3.8) is 0 Å². The molecule has 2 N–H and O–H groups in total. The third-order valence-corrected chi connectivity index (χ3v) is 4.51. The first-order chi connectivity index (χ1) is 12.0. The average molecular weight is 371 g/mol. The standard InChI is InChI=1S/C10H14N2O2S.C8H16O2/c1-3-6-15-8-5-4-7(10(13)14-2)12-9(8)11;1-3-4-5-8(2)6-10-7-9/h4-5H,3,6H2,1-2H3,(H2,11,12);7-8H,3-6H2,1-2H3. The highest BCUT2D eigenvalue weighted by Gasteiger charge is 2.09. The van der Waals surface area contributed by atoms with Gasteiger partial charge in [-0.3, -0.25) is 4.79 Å². The number of aromatic nitrogens is 1. The van der Waals surface area contributed by atoms with Crippen LogP contribution in [0.15, 0.2) is 17.0 Å². The summed E-state index contributed by atoms with van der Waals surface area (Å²) in [4.78, 5) is 25.8. The second-order valence-corrected chi connectivity index (χ2v) is 6.73. The molecule has 0 fully saturated rings. The summed E-state index contributed by atoms with van der Waals surface area (Å²) in [7, 11) is 1.32. The third kappa shape index (κ3) is 10.7. The fourth-order valence-corrected chi connectivity index (χ4v) is 2.64. The molecule has 1 aromatic heterocycles. The van der Waals surface area contributed by atoms with E-state index in [-0.39, 0.29) is 5.69 Å². The molecule has 0 aliphatic heterocycles. The van der Waals surface area contributed by atoms with Gasteiger partial charge in [-0.1, -0.05) is 33.6 Å². The summed E-state index contributed by atoms with van der Waals surface area (Å²) in [6.45, 7) is 7.44. The first-order valence-electron chi connectivity index (χ1n) is 8.52. The zero-order valence-corrected chi connectivity index (χ0v) is 16.4. The topological polar surface area (TPSA) is 91.5 Å². The van der Waals surface area contributed by atoms with Gasteiger partial charge in [-0.25, -0.2) is 9.78 Å². The van der Waals surface area contributed by atoms with Crippen LogP contribution in [-0.4, -0.2) is 36.9 Å². The molecule has 0 bridgehead atoms. The molecule has 0 saturated carbocycles. The number of thioether (sulfide) groups is 1. The van der Waals surface area contributed by atoms with Gasteiger partial charge in [-0.05, 0) is 36.6 Å². The van der Waals surface area contributed by atoms with Crippen LogP contribution in [-0.2, 0) is 14.3 Å². The van der Waals surface area contributed by atoms with Crippen molar-refractivity contribution in [3.8, 4) is 0 Å². The van der Waals surface area contributed by atoms with Crippen molar-refractivity contribution < 1.29 is 19.1 Å². The number of pyridine rings is 1. The van der Waals surface area contributed by atoms with E-state index >= 15 is 0 Å². The van der Waals surface area contributed by atoms with Crippen LogP contribution in [0.5, 0.6) is 0 Å². The van der Waals surface area contributed by atoms with E-state index in [4.69, 9.17) is 5.73 Å². The molecule has 0 radical (unpaired) electrons. The van der Waals surface area contributed by atoms with E-state index < -0.39 is 5.97 Å². The molecule has 1 atom stereocenters. The Balaban J connectivity index is 0.000000504. The van der Waals surface area contributed by atoms with Gasteiger partial charge in [0.15, 0.2) is 5.69 Å². The van der Waals surface area contributed by atoms with Crippen molar-refractivity contribution >= 4 is 30.0 Å². The Bertz CT molecular complexity index is 512. The zero-order chi connectivity index (χ0) is 19.1. The molecule has 0 aliphatic carbocycles. The SMILES string of the molecule is CCCCC(C)COC=O.CCCSc1ccc(C(=O)OC)nc1N. The molecule has 0 aromatic carbocycles. The maximum absolute atomic E-state index is 11.1. The number of esters is 1. The lowest BCUT2D eigenvalue weighted by molar-refractivity contribution is -0.129. The Labute approximate surface area is 154 Å². The molecule has 7 heteroatoms. The Morgan fingerprint density at radius 1 is 1.36 bits per heavy atom. The minimum absolute atomic E-state index is 0.246.